The average molecular weight is 302 g/mol. The second-order valence-corrected chi connectivity index (χ2v) is 6.97. The van der Waals surface area contributed by atoms with Crippen LogP contribution in [0.5, 0.6) is 0 Å². The van der Waals surface area contributed by atoms with Crippen molar-refractivity contribution >= 4 is 6.09 Å². The van der Waals surface area contributed by atoms with Gasteiger partial charge in [0, 0.05) is 26.2 Å². The topological polar surface area (TPSA) is 32.8 Å². The van der Waals surface area contributed by atoms with E-state index in [4.69, 9.17) is 4.74 Å². The number of piperidine rings is 2. The Balaban J connectivity index is 1.70. The van der Waals surface area contributed by atoms with E-state index in [0.29, 0.717) is 11.3 Å². The molecular weight excluding hydrogens is 276 g/mol. The highest BCUT2D eigenvalue weighted by Gasteiger charge is 2.42. The summed E-state index contributed by atoms with van der Waals surface area (Å²) >= 11 is 0. The predicted molar refractivity (Wildman–Crippen MR) is 86.9 cm³/mol. The van der Waals surface area contributed by atoms with Crippen LogP contribution >= 0.6 is 0 Å². The van der Waals surface area contributed by atoms with Gasteiger partial charge in [0.25, 0.3) is 0 Å². The van der Waals surface area contributed by atoms with Gasteiger partial charge < -0.3 is 14.5 Å². The predicted octanol–water partition coefficient (Wildman–Crippen LogP) is 2.95. The summed E-state index contributed by atoms with van der Waals surface area (Å²) in [6.07, 6.45) is 3.21. The fourth-order valence-corrected chi connectivity index (χ4v) is 4.27. The summed E-state index contributed by atoms with van der Waals surface area (Å²) in [5, 5.41) is 0. The molecule has 2 aliphatic heterocycles. The number of carbonyl (C=O) groups is 1. The van der Waals surface area contributed by atoms with Crippen molar-refractivity contribution in [2.75, 3.05) is 40.3 Å². The van der Waals surface area contributed by atoms with Crippen molar-refractivity contribution < 1.29 is 9.53 Å². The van der Waals surface area contributed by atoms with Gasteiger partial charge in [-0.15, -0.1) is 0 Å². The molecule has 2 aliphatic rings. The molecule has 1 spiro atoms. The van der Waals surface area contributed by atoms with E-state index >= 15 is 0 Å². The summed E-state index contributed by atoms with van der Waals surface area (Å²) in [6, 6.07) is 10.9. The number of amides is 1. The highest BCUT2D eigenvalue weighted by atomic mass is 16.5. The van der Waals surface area contributed by atoms with E-state index in [1.165, 1.54) is 19.1 Å². The highest BCUT2D eigenvalue weighted by molar-refractivity contribution is 5.67. The Morgan fingerprint density at radius 1 is 1.23 bits per heavy atom. The fraction of sp³-hybridized carbons (Fsp3) is 0.611. The van der Waals surface area contributed by atoms with Gasteiger partial charge in [-0.05, 0) is 43.2 Å². The van der Waals surface area contributed by atoms with Crippen LogP contribution < -0.4 is 0 Å². The molecule has 1 aromatic rings. The zero-order valence-electron chi connectivity index (χ0n) is 13.6. The lowest BCUT2D eigenvalue weighted by Crippen LogP contribution is -2.51. The summed E-state index contributed by atoms with van der Waals surface area (Å²) in [6.45, 7) is 3.92. The lowest BCUT2D eigenvalue weighted by molar-refractivity contribution is 0.0232. The maximum Gasteiger partial charge on any atom is 0.409 e. The molecule has 0 aliphatic carbocycles. The highest BCUT2D eigenvalue weighted by Crippen LogP contribution is 2.44. The minimum Gasteiger partial charge on any atom is -0.453 e. The number of likely N-dealkylation sites (tertiary alicyclic amines) is 2. The first kappa shape index (κ1) is 15.3. The lowest BCUT2D eigenvalue weighted by atomic mass is 9.68. The minimum absolute atomic E-state index is 0.182. The van der Waals surface area contributed by atoms with E-state index in [2.05, 4.69) is 42.3 Å². The summed E-state index contributed by atoms with van der Waals surface area (Å²) in [4.78, 5) is 16.0. The molecule has 0 N–H and O–H groups in total. The van der Waals surface area contributed by atoms with Gasteiger partial charge in [-0.1, -0.05) is 30.3 Å². The Morgan fingerprint density at radius 3 is 2.55 bits per heavy atom. The van der Waals surface area contributed by atoms with Crippen molar-refractivity contribution in [2.24, 2.45) is 5.41 Å². The maximum atomic E-state index is 11.7. The van der Waals surface area contributed by atoms with Gasteiger partial charge in [0.2, 0.25) is 0 Å². The number of hydrogen-bond donors (Lipinski definition) is 0. The Kier molecular flexibility index (Phi) is 4.39. The number of likely N-dealkylation sites (N-methyl/N-ethyl adjacent to an activating group) is 1. The van der Waals surface area contributed by atoms with Crippen LogP contribution in [0.3, 0.4) is 0 Å². The molecule has 0 radical (unpaired) electrons. The summed E-state index contributed by atoms with van der Waals surface area (Å²) in [5.74, 6) is 0.602. The molecular formula is C18H26N2O2. The van der Waals surface area contributed by atoms with Crippen molar-refractivity contribution in [1.29, 1.82) is 0 Å². The van der Waals surface area contributed by atoms with Crippen molar-refractivity contribution in [2.45, 2.75) is 25.2 Å². The molecule has 0 saturated carbocycles. The second-order valence-electron chi connectivity index (χ2n) is 6.97. The van der Waals surface area contributed by atoms with Gasteiger partial charge in [-0.2, -0.15) is 0 Å². The van der Waals surface area contributed by atoms with Gasteiger partial charge >= 0.3 is 6.09 Å². The van der Waals surface area contributed by atoms with E-state index in [-0.39, 0.29) is 6.09 Å². The molecule has 0 aromatic heterocycles. The Hall–Kier alpha value is -1.55. The summed E-state index contributed by atoms with van der Waals surface area (Å²) in [7, 11) is 3.69. The number of carbonyl (C=O) groups excluding carboxylic acids is 1. The van der Waals surface area contributed by atoms with Crippen LogP contribution in [0, 0.1) is 5.41 Å². The normalized spacial score (nSPS) is 25.2. The van der Waals surface area contributed by atoms with Crippen LogP contribution in [0.4, 0.5) is 4.79 Å². The summed E-state index contributed by atoms with van der Waals surface area (Å²) in [5.41, 5.74) is 1.79. The van der Waals surface area contributed by atoms with E-state index < -0.39 is 0 Å². The number of benzene rings is 1. The van der Waals surface area contributed by atoms with Crippen LogP contribution in [-0.2, 0) is 4.74 Å². The molecule has 4 heteroatoms. The van der Waals surface area contributed by atoms with Crippen molar-refractivity contribution in [3.63, 3.8) is 0 Å². The SMILES string of the molecule is COC(=O)N1CCC2(CC1)C[C@H](c1ccccc1)CN(C)C2. The van der Waals surface area contributed by atoms with E-state index in [1.54, 1.807) is 0 Å². The molecule has 120 valence electrons. The first-order valence-corrected chi connectivity index (χ1v) is 8.18. The fourth-order valence-electron chi connectivity index (χ4n) is 4.27. The average Bonchev–Trinajstić information content (AvgIpc) is 2.55. The van der Waals surface area contributed by atoms with Crippen LogP contribution in [0.25, 0.3) is 0 Å². The molecule has 2 saturated heterocycles. The monoisotopic (exact) mass is 302 g/mol. The number of hydrogen-bond acceptors (Lipinski definition) is 3. The minimum atomic E-state index is -0.182. The van der Waals surface area contributed by atoms with Crippen molar-refractivity contribution in [3.8, 4) is 0 Å². The maximum absolute atomic E-state index is 11.7. The smallest absolute Gasteiger partial charge is 0.409 e. The first-order chi connectivity index (χ1) is 10.6. The molecule has 1 aromatic carbocycles. The standard InChI is InChI=1S/C18H26N2O2/c1-19-13-16(15-6-4-3-5-7-15)12-18(14-19)8-10-20(11-9-18)17(21)22-2/h3-7,16H,8-14H2,1-2H3/t16-/m0/s1. The van der Waals surface area contributed by atoms with Gasteiger partial charge in [0.1, 0.15) is 0 Å². The van der Waals surface area contributed by atoms with Crippen LogP contribution in [-0.4, -0.2) is 56.2 Å². The quantitative estimate of drug-likeness (QED) is 0.799. The summed E-state index contributed by atoms with van der Waals surface area (Å²) < 4.78 is 4.85. The van der Waals surface area contributed by atoms with Gasteiger partial charge in [0.15, 0.2) is 0 Å². The zero-order valence-corrected chi connectivity index (χ0v) is 13.6. The molecule has 22 heavy (non-hydrogen) atoms. The van der Waals surface area contributed by atoms with Gasteiger partial charge in [-0.25, -0.2) is 4.79 Å². The van der Waals surface area contributed by atoms with Crippen LogP contribution in [0.1, 0.15) is 30.7 Å². The Labute approximate surface area is 133 Å². The second kappa shape index (κ2) is 6.29. The Bertz CT molecular complexity index is 509. The molecule has 4 nitrogen and oxygen atoms in total. The number of ether oxygens (including phenoxy) is 1. The van der Waals surface area contributed by atoms with Crippen molar-refractivity contribution in [1.82, 2.24) is 9.80 Å². The largest absolute Gasteiger partial charge is 0.453 e. The number of rotatable bonds is 1. The lowest BCUT2D eigenvalue weighted by Gasteiger charge is -2.49. The third-order valence-electron chi connectivity index (χ3n) is 5.34. The van der Waals surface area contributed by atoms with Gasteiger partial charge in [-0.3, -0.25) is 0 Å². The molecule has 2 fully saturated rings. The Morgan fingerprint density at radius 2 is 1.91 bits per heavy atom. The third-order valence-corrected chi connectivity index (χ3v) is 5.34. The zero-order chi connectivity index (χ0) is 15.6. The third kappa shape index (κ3) is 3.12. The molecule has 1 amide bonds. The van der Waals surface area contributed by atoms with Crippen molar-refractivity contribution in [3.05, 3.63) is 35.9 Å². The molecule has 0 bridgehead atoms. The van der Waals surface area contributed by atoms with E-state index in [1.807, 2.05) is 4.90 Å². The van der Waals surface area contributed by atoms with Gasteiger partial charge in [0.05, 0.1) is 7.11 Å². The molecule has 2 heterocycles. The van der Waals surface area contributed by atoms with E-state index in [9.17, 15) is 4.79 Å². The first-order valence-electron chi connectivity index (χ1n) is 8.18. The van der Waals surface area contributed by atoms with Crippen LogP contribution in [0.15, 0.2) is 30.3 Å². The molecule has 1 atom stereocenters. The molecule has 3 rings (SSSR count). The van der Waals surface area contributed by atoms with E-state index in [0.717, 1.165) is 39.0 Å². The molecule has 0 unspecified atom stereocenters. The number of nitrogens with zero attached hydrogens (tertiary/aromatic N) is 2. The van der Waals surface area contributed by atoms with Crippen LogP contribution in [0.2, 0.25) is 0 Å². The number of methoxy groups -OCH3 is 1.